The molecule has 1 aromatic carbocycles. The number of anilines is 1. The number of benzene rings is 1. The van der Waals surface area contributed by atoms with Gasteiger partial charge in [0.2, 0.25) is 5.91 Å². The van der Waals surface area contributed by atoms with Crippen molar-refractivity contribution in [2.75, 3.05) is 25.0 Å². The van der Waals surface area contributed by atoms with Crippen LogP contribution in [0.5, 0.6) is 0 Å². The summed E-state index contributed by atoms with van der Waals surface area (Å²) >= 11 is 1.48. The van der Waals surface area contributed by atoms with Crippen LogP contribution in [-0.2, 0) is 11.2 Å². The zero-order valence-electron chi connectivity index (χ0n) is 16.4. The van der Waals surface area contributed by atoms with Gasteiger partial charge in [0.15, 0.2) is 5.13 Å². The first-order chi connectivity index (χ1) is 14.5. The second-order valence-corrected chi connectivity index (χ2v) is 7.89. The molecule has 1 aliphatic rings. The van der Waals surface area contributed by atoms with Gasteiger partial charge < -0.3 is 20.1 Å². The number of thiazole rings is 1. The lowest BCUT2D eigenvalue weighted by molar-refractivity contribution is -0.123. The largest absolute Gasteiger partial charge is 0.353 e. The van der Waals surface area contributed by atoms with Crippen LogP contribution in [0.2, 0.25) is 0 Å². The van der Waals surface area contributed by atoms with Crippen molar-refractivity contribution in [3.05, 3.63) is 64.9 Å². The molecule has 2 aromatic heterocycles. The molecule has 2 N–H and O–H groups in total. The molecule has 0 aliphatic carbocycles. The van der Waals surface area contributed by atoms with E-state index < -0.39 is 0 Å². The maximum absolute atomic E-state index is 12.9. The molecule has 3 heterocycles. The van der Waals surface area contributed by atoms with Crippen LogP contribution in [0.3, 0.4) is 0 Å². The van der Waals surface area contributed by atoms with E-state index in [1.165, 1.54) is 16.2 Å². The molecule has 3 aromatic rings. The van der Waals surface area contributed by atoms with Crippen molar-refractivity contribution in [3.8, 4) is 5.13 Å². The molecular weight excluding hydrogens is 402 g/mol. The summed E-state index contributed by atoms with van der Waals surface area (Å²) in [6, 6.07) is 10.5. The van der Waals surface area contributed by atoms with Gasteiger partial charge in [-0.3, -0.25) is 14.4 Å². The van der Waals surface area contributed by atoms with Crippen LogP contribution in [-0.4, -0.2) is 51.8 Å². The fraction of sp³-hybridized carbons (Fsp3) is 0.238. The molecule has 3 amide bonds. The van der Waals surface area contributed by atoms with Gasteiger partial charge in [0.1, 0.15) is 5.69 Å². The molecule has 1 fully saturated rings. The van der Waals surface area contributed by atoms with Gasteiger partial charge in [0.25, 0.3) is 11.8 Å². The third-order valence-electron chi connectivity index (χ3n) is 4.74. The standard InChI is InChI=1S/C21H21N5O3S/c1-2-16-18(24-21(30-16)25-9-3-4-10-25)19(28)23-15-7-5-6-14(12-15)20(29)26-11-8-22-17(27)13-26/h3-7,9-10,12H,2,8,11,13H2,1H3,(H,22,27)(H,23,28). The second-order valence-electron chi connectivity index (χ2n) is 6.82. The smallest absolute Gasteiger partial charge is 0.275 e. The van der Waals surface area contributed by atoms with E-state index in [2.05, 4.69) is 15.6 Å². The third-order valence-corrected chi connectivity index (χ3v) is 5.95. The molecule has 1 saturated heterocycles. The number of aryl methyl sites for hydroxylation is 1. The predicted molar refractivity (Wildman–Crippen MR) is 114 cm³/mol. The Morgan fingerprint density at radius 3 is 2.77 bits per heavy atom. The first-order valence-electron chi connectivity index (χ1n) is 9.65. The average molecular weight is 423 g/mol. The molecule has 0 saturated carbocycles. The number of carbonyl (C=O) groups is 3. The number of piperazine rings is 1. The molecule has 9 heteroatoms. The number of hydrogen-bond acceptors (Lipinski definition) is 5. The van der Waals surface area contributed by atoms with E-state index >= 15 is 0 Å². The highest BCUT2D eigenvalue weighted by Crippen LogP contribution is 2.24. The number of amides is 3. The van der Waals surface area contributed by atoms with E-state index in [0.29, 0.717) is 36.5 Å². The normalized spacial score (nSPS) is 13.8. The average Bonchev–Trinajstić information content (AvgIpc) is 3.43. The maximum atomic E-state index is 12.9. The summed E-state index contributed by atoms with van der Waals surface area (Å²) in [4.78, 5) is 44.0. The van der Waals surface area contributed by atoms with Gasteiger partial charge in [0.05, 0.1) is 6.54 Å². The van der Waals surface area contributed by atoms with E-state index in [4.69, 9.17) is 0 Å². The fourth-order valence-corrected chi connectivity index (χ4v) is 4.21. The highest BCUT2D eigenvalue weighted by atomic mass is 32.1. The molecular formula is C21H21N5O3S. The van der Waals surface area contributed by atoms with Crippen molar-refractivity contribution < 1.29 is 14.4 Å². The summed E-state index contributed by atoms with van der Waals surface area (Å²) < 4.78 is 1.87. The van der Waals surface area contributed by atoms with E-state index in [0.717, 1.165) is 10.0 Å². The van der Waals surface area contributed by atoms with Crippen LogP contribution in [0, 0.1) is 0 Å². The van der Waals surface area contributed by atoms with Gasteiger partial charge in [-0.05, 0) is 36.8 Å². The Hall–Kier alpha value is -3.46. The molecule has 4 rings (SSSR count). The molecule has 0 unspecified atom stereocenters. The van der Waals surface area contributed by atoms with Crippen molar-refractivity contribution in [1.29, 1.82) is 0 Å². The van der Waals surface area contributed by atoms with Crippen molar-refractivity contribution >= 4 is 34.7 Å². The highest BCUT2D eigenvalue weighted by molar-refractivity contribution is 7.14. The monoisotopic (exact) mass is 423 g/mol. The van der Waals surface area contributed by atoms with Crippen LogP contribution >= 0.6 is 11.3 Å². The Bertz CT molecular complexity index is 1090. The number of carbonyl (C=O) groups excluding carboxylic acids is 3. The van der Waals surface area contributed by atoms with Crippen molar-refractivity contribution in [3.63, 3.8) is 0 Å². The Balaban J connectivity index is 1.52. The van der Waals surface area contributed by atoms with E-state index in [-0.39, 0.29) is 24.3 Å². The SMILES string of the molecule is CCc1sc(-n2cccc2)nc1C(=O)Nc1cccc(C(=O)N2CCNC(=O)C2)c1. The molecule has 0 spiro atoms. The molecule has 30 heavy (non-hydrogen) atoms. The van der Waals surface area contributed by atoms with Crippen LogP contribution in [0.25, 0.3) is 5.13 Å². The molecule has 0 radical (unpaired) electrons. The Morgan fingerprint density at radius 1 is 1.23 bits per heavy atom. The summed E-state index contributed by atoms with van der Waals surface area (Å²) in [5.74, 6) is -0.726. The Kier molecular flexibility index (Phi) is 5.62. The summed E-state index contributed by atoms with van der Waals surface area (Å²) in [5.41, 5.74) is 1.31. The van der Waals surface area contributed by atoms with Crippen molar-refractivity contribution in [1.82, 2.24) is 19.8 Å². The molecule has 154 valence electrons. The molecule has 0 bridgehead atoms. The van der Waals surface area contributed by atoms with Crippen LogP contribution in [0.15, 0.2) is 48.8 Å². The number of nitrogens with one attached hydrogen (secondary N) is 2. The minimum Gasteiger partial charge on any atom is -0.353 e. The minimum atomic E-state index is -0.316. The van der Waals surface area contributed by atoms with E-state index in [1.54, 1.807) is 24.3 Å². The van der Waals surface area contributed by atoms with Gasteiger partial charge in [-0.2, -0.15) is 0 Å². The summed E-state index contributed by atoms with van der Waals surface area (Å²) in [5, 5.41) is 6.27. The fourth-order valence-electron chi connectivity index (χ4n) is 3.24. The number of nitrogens with zero attached hydrogens (tertiary/aromatic N) is 3. The van der Waals surface area contributed by atoms with Gasteiger partial charge >= 0.3 is 0 Å². The summed E-state index contributed by atoms with van der Waals surface area (Å²) in [6.45, 7) is 2.92. The van der Waals surface area contributed by atoms with E-state index in [9.17, 15) is 14.4 Å². The maximum Gasteiger partial charge on any atom is 0.275 e. The molecule has 8 nitrogen and oxygen atoms in total. The highest BCUT2D eigenvalue weighted by Gasteiger charge is 2.23. The topological polar surface area (TPSA) is 96.3 Å². The van der Waals surface area contributed by atoms with E-state index in [1.807, 2.05) is 36.0 Å². The number of hydrogen-bond donors (Lipinski definition) is 2. The summed E-state index contributed by atoms with van der Waals surface area (Å²) in [7, 11) is 0. The quantitative estimate of drug-likeness (QED) is 0.658. The second kappa shape index (κ2) is 8.50. The first-order valence-corrected chi connectivity index (χ1v) is 10.5. The lowest BCUT2D eigenvalue weighted by Crippen LogP contribution is -2.49. The zero-order valence-corrected chi connectivity index (χ0v) is 17.2. The minimum absolute atomic E-state index is 0.0380. The summed E-state index contributed by atoms with van der Waals surface area (Å²) in [6.07, 6.45) is 4.46. The van der Waals surface area contributed by atoms with Crippen LogP contribution in [0.4, 0.5) is 5.69 Å². The molecule has 0 atom stereocenters. The first kappa shape index (κ1) is 19.8. The Labute approximate surface area is 177 Å². The Morgan fingerprint density at radius 2 is 2.03 bits per heavy atom. The zero-order chi connectivity index (χ0) is 21.1. The van der Waals surface area contributed by atoms with Gasteiger partial charge in [0, 0.05) is 41.6 Å². The number of rotatable bonds is 5. The van der Waals surface area contributed by atoms with Crippen molar-refractivity contribution in [2.45, 2.75) is 13.3 Å². The lowest BCUT2D eigenvalue weighted by atomic mass is 10.1. The van der Waals surface area contributed by atoms with Gasteiger partial charge in [-0.1, -0.05) is 13.0 Å². The molecule has 1 aliphatic heterocycles. The van der Waals surface area contributed by atoms with Crippen molar-refractivity contribution in [2.24, 2.45) is 0 Å². The van der Waals surface area contributed by atoms with Gasteiger partial charge in [-0.25, -0.2) is 4.98 Å². The van der Waals surface area contributed by atoms with Crippen LogP contribution in [0.1, 0.15) is 32.6 Å². The third kappa shape index (κ3) is 4.11. The lowest BCUT2D eigenvalue weighted by Gasteiger charge is -2.26. The van der Waals surface area contributed by atoms with Gasteiger partial charge in [-0.15, -0.1) is 11.3 Å². The predicted octanol–water partition coefficient (Wildman–Crippen LogP) is 2.32. The number of aromatic nitrogens is 2. The van der Waals surface area contributed by atoms with Crippen LogP contribution < -0.4 is 10.6 Å².